The summed E-state index contributed by atoms with van der Waals surface area (Å²) in [6, 6.07) is 11.0. The molecule has 29 heavy (non-hydrogen) atoms. The monoisotopic (exact) mass is 408 g/mol. The van der Waals surface area contributed by atoms with Crippen LogP contribution in [0, 0.1) is 0 Å². The number of hydrogen-bond acceptors (Lipinski definition) is 4. The van der Waals surface area contributed by atoms with E-state index < -0.39 is 18.6 Å². The molecule has 0 aromatic heterocycles. The van der Waals surface area contributed by atoms with Crippen LogP contribution in [0.3, 0.4) is 0 Å². The number of hydrogen-bond donors (Lipinski definition) is 2. The maximum Gasteiger partial charge on any atom is 0.405 e. The fraction of sp³-hybridized carbons (Fsp3) is 0.381. The van der Waals surface area contributed by atoms with E-state index in [1.54, 1.807) is 30.3 Å². The van der Waals surface area contributed by atoms with Crippen molar-refractivity contribution in [1.29, 1.82) is 0 Å². The van der Waals surface area contributed by atoms with Crippen molar-refractivity contribution in [2.75, 3.05) is 24.3 Å². The minimum Gasteiger partial charge on any atom is -0.493 e. The second kappa shape index (κ2) is 9.07. The highest BCUT2D eigenvalue weighted by Gasteiger charge is 2.26. The van der Waals surface area contributed by atoms with Gasteiger partial charge in [-0.2, -0.15) is 13.2 Å². The standard InChI is InChI=1S/C21H23F3N2O3/c1-28-19-11-14(9-10-18(19)29-17-7-2-3-8-17)20(27)26-16-6-4-5-15(12-16)25-13-21(22,23)24/h4-6,9-12,17,25H,2-3,7-8,13H2,1H3,(H,26,27). The molecule has 1 aliphatic carbocycles. The van der Waals surface area contributed by atoms with Crippen LogP contribution in [-0.4, -0.2) is 31.8 Å². The first-order valence-corrected chi connectivity index (χ1v) is 9.41. The molecule has 2 N–H and O–H groups in total. The topological polar surface area (TPSA) is 59.6 Å². The number of ether oxygens (including phenoxy) is 2. The van der Waals surface area contributed by atoms with Crippen LogP contribution in [0.15, 0.2) is 42.5 Å². The molecule has 1 saturated carbocycles. The van der Waals surface area contributed by atoms with Crippen molar-refractivity contribution in [3.05, 3.63) is 48.0 Å². The summed E-state index contributed by atoms with van der Waals surface area (Å²) < 4.78 is 48.4. The molecule has 156 valence electrons. The quantitative estimate of drug-likeness (QED) is 0.658. The van der Waals surface area contributed by atoms with Gasteiger partial charge in [0.25, 0.3) is 5.91 Å². The van der Waals surface area contributed by atoms with Crippen LogP contribution >= 0.6 is 0 Å². The number of amides is 1. The lowest BCUT2D eigenvalue weighted by Crippen LogP contribution is -2.21. The number of anilines is 2. The van der Waals surface area contributed by atoms with Crippen LogP contribution in [0.5, 0.6) is 11.5 Å². The third-order valence-electron chi connectivity index (χ3n) is 4.64. The lowest BCUT2D eigenvalue weighted by atomic mass is 10.1. The van der Waals surface area contributed by atoms with Gasteiger partial charge in [0.1, 0.15) is 6.54 Å². The molecule has 0 heterocycles. The van der Waals surface area contributed by atoms with Gasteiger partial charge in [-0.15, -0.1) is 0 Å². The van der Waals surface area contributed by atoms with E-state index >= 15 is 0 Å². The van der Waals surface area contributed by atoms with Crippen molar-refractivity contribution < 1.29 is 27.4 Å². The maximum absolute atomic E-state index is 12.6. The normalized spacial score (nSPS) is 14.5. The number of carbonyl (C=O) groups is 1. The smallest absolute Gasteiger partial charge is 0.405 e. The molecule has 0 saturated heterocycles. The number of methoxy groups -OCH3 is 1. The van der Waals surface area contributed by atoms with E-state index in [4.69, 9.17) is 9.47 Å². The third kappa shape index (κ3) is 6.04. The third-order valence-corrected chi connectivity index (χ3v) is 4.64. The average Bonchev–Trinajstić information content (AvgIpc) is 3.19. The molecule has 0 atom stereocenters. The molecule has 3 rings (SSSR count). The summed E-state index contributed by atoms with van der Waals surface area (Å²) in [6.07, 6.45) is 0.136. The molecule has 2 aromatic carbocycles. The summed E-state index contributed by atoms with van der Waals surface area (Å²) in [6.45, 7) is -1.15. The van der Waals surface area contributed by atoms with Crippen LogP contribution in [0.4, 0.5) is 24.5 Å². The van der Waals surface area contributed by atoms with Crippen molar-refractivity contribution in [3.8, 4) is 11.5 Å². The minimum absolute atomic E-state index is 0.163. The Kier molecular flexibility index (Phi) is 6.51. The summed E-state index contributed by atoms with van der Waals surface area (Å²) >= 11 is 0. The van der Waals surface area contributed by atoms with E-state index in [1.807, 2.05) is 0 Å². The SMILES string of the molecule is COc1cc(C(=O)Nc2cccc(NCC(F)(F)F)c2)ccc1OC1CCCC1. The first-order valence-electron chi connectivity index (χ1n) is 9.41. The van der Waals surface area contributed by atoms with Crippen LogP contribution in [0.2, 0.25) is 0 Å². The summed E-state index contributed by atoms with van der Waals surface area (Å²) in [5, 5.41) is 4.97. The number of nitrogens with one attached hydrogen (secondary N) is 2. The Bertz CT molecular complexity index is 849. The summed E-state index contributed by atoms with van der Waals surface area (Å²) in [5.41, 5.74) is 1.000. The lowest BCUT2D eigenvalue weighted by Gasteiger charge is -2.16. The van der Waals surface area contributed by atoms with E-state index in [1.165, 1.54) is 19.2 Å². The number of alkyl halides is 3. The van der Waals surface area contributed by atoms with E-state index in [9.17, 15) is 18.0 Å². The molecule has 8 heteroatoms. The molecule has 0 spiro atoms. The zero-order valence-electron chi connectivity index (χ0n) is 16.0. The summed E-state index contributed by atoms with van der Waals surface area (Å²) in [4.78, 5) is 12.6. The first-order chi connectivity index (χ1) is 13.8. The minimum atomic E-state index is -4.32. The Labute approximate surface area is 167 Å². The van der Waals surface area contributed by atoms with Gasteiger partial charge in [-0.25, -0.2) is 0 Å². The van der Waals surface area contributed by atoms with Crippen LogP contribution in [0.1, 0.15) is 36.0 Å². The number of halogens is 3. The van der Waals surface area contributed by atoms with Crippen molar-refractivity contribution in [1.82, 2.24) is 0 Å². The maximum atomic E-state index is 12.6. The van der Waals surface area contributed by atoms with Gasteiger partial charge in [0, 0.05) is 16.9 Å². The molecule has 1 fully saturated rings. The highest BCUT2D eigenvalue weighted by Crippen LogP contribution is 2.32. The zero-order chi connectivity index (χ0) is 20.9. The van der Waals surface area contributed by atoms with Crippen molar-refractivity contribution in [2.24, 2.45) is 0 Å². The molecule has 0 radical (unpaired) electrons. The van der Waals surface area contributed by atoms with Gasteiger partial charge in [-0.3, -0.25) is 4.79 Å². The zero-order valence-corrected chi connectivity index (χ0v) is 16.0. The van der Waals surface area contributed by atoms with E-state index in [0.29, 0.717) is 22.7 Å². The van der Waals surface area contributed by atoms with Crippen LogP contribution in [-0.2, 0) is 0 Å². The van der Waals surface area contributed by atoms with Crippen molar-refractivity contribution in [2.45, 2.75) is 38.0 Å². The van der Waals surface area contributed by atoms with Crippen molar-refractivity contribution >= 4 is 17.3 Å². The molecular formula is C21H23F3N2O3. The molecule has 1 aliphatic rings. The lowest BCUT2D eigenvalue weighted by molar-refractivity contribution is -0.115. The Hall–Kier alpha value is -2.90. The van der Waals surface area contributed by atoms with Crippen molar-refractivity contribution in [3.63, 3.8) is 0 Å². The predicted octanol–water partition coefficient (Wildman–Crippen LogP) is 5.24. The first kappa shape index (κ1) is 20.8. The molecule has 2 aromatic rings. The van der Waals surface area contributed by atoms with E-state index in [2.05, 4.69) is 10.6 Å². The molecule has 0 bridgehead atoms. The summed E-state index contributed by atoms with van der Waals surface area (Å²) in [5.74, 6) is 0.656. The molecule has 0 aliphatic heterocycles. The number of rotatable bonds is 7. The van der Waals surface area contributed by atoms with E-state index in [0.717, 1.165) is 25.7 Å². The van der Waals surface area contributed by atoms with Crippen LogP contribution < -0.4 is 20.1 Å². The largest absolute Gasteiger partial charge is 0.493 e. The van der Waals surface area contributed by atoms with Gasteiger partial charge in [0.05, 0.1) is 13.2 Å². The Morgan fingerprint density at radius 2 is 1.79 bits per heavy atom. The van der Waals surface area contributed by atoms with Gasteiger partial charge >= 0.3 is 6.18 Å². The van der Waals surface area contributed by atoms with Crippen LogP contribution in [0.25, 0.3) is 0 Å². The average molecular weight is 408 g/mol. The highest BCUT2D eigenvalue weighted by molar-refractivity contribution is 6.04. The fourth-order valence-corrected chi connectivity index (χ4v) is 3.20. The second-order valence-corrected chi connectivity index (χ2v) is 6.89. The van der Waals surface area contributed by atoms with Gasteiger partial charge in [0.15, 0.2) is 11.5 Å². The fourth-order valence-electron chi connectivity index (χ4n) is 3.20. The molecular weight excluding hydrogens is 385 g/mol. The Balaban J connectivity index is 1.67. The number of benzene rings is 2. The molecule has 5 nitrogen and oxygen atoms in total. The van der Waals surface area contributed by atoms with E-state index in [-0.39, 0.29) is 11.8 Å². The second-order valence-electron chi connectivity index (χ2n) is 6.89. The molecule has 0 unspecified atom stereocenters. The van der Waals surface area contributed by atoms with Gasteiger partial charge in [-0.1, -0.05) is 6.07 Å². The number of carbonyl (C=O) groups excluding carboxylic acids is 1. The molecule has 1 amide bonds. The van der Waals surface area contributed by atoms with Gasteiger partial charge in [-0.05, 0) is 62.1 Å². The Morgan fingerprint density at radius 1 is 1.07 bits per heavy atom. The Morgan fingerprint density at radius 3 is 2.48 bits per heavy atom. The highest BCUT2D eigenvalue weighted by atomic mass is 19.4. The van der Waals surface area contributed by atoms with Gasteiger partial charge < -0.3 is 20.1 Å². The predicted molar refractivity (Wildman–Crippen MR) is 105 cm³/mol. The summed E-state index contributed by atoms with van der Waals surface area (Å²) in [7, 11) is 1.51. The van der Waals surface area contributed by atoms with Gasteiger partial charge in [0.2, 0.25) is 0 Å².